The fraction of sp³-hybridized carbons (Fsp3) is 0.0870. The van der Waals surface area contributed by atoms with E-state index in [4.69, 9.17) is 4.74 Å². The smallest absolute Gasteiger partial charge is 0.339 e. The van der Waals surface area contributed by atoms with Crippen LogP contribution in [0, 0.1) is 6.92 Å². The minimum atomic E-state index is -0.281. The molecule has 0 saturated heterocycles. The van der Waals surface area contributed by atoms with Gasteiger partial charge in [-0.3, -0.25) is 0 Å². The normalized spacial score (nSPS) is 10.9. The van der Waals surface area contributed by atoms with E-state index >= 15 is 0 Å². The summed E-state index contributed by atoms with van der Waals surface area (Å²) in [5.41, 5.74) is 2.79. The van der Waals surface area contributed by atoms with Gasteiger partial charge in [-0.1, -0.05) is 72.8 Å². The van der Waals surface area contributed by atoms with E-state index in [1.807, 2.05) is 79.7 Å². The van der Waals surface area contributed by atoms with Crippen LogP contribution in [-0.4, -0.2) is 5.97 Å². The topological polar surface area (TPSA) is 26.3 Å². The molecule has 25 heavy (non-hydrogen) atoms. The largest absolute Gasteiger partial charge is 0.457 e. The summed E-state index contributed by atoms with van der Waals surface area (Å²) in [5.74, 6) is -0.281. The molecule has 0 unspecified atom stereocenters. The monoisotopic (exact) mass is 326 g/mol. The van der Waals surface area contributed by atoms with Crippen LogP contribution in [0.5, 0.6) is 0 Å². The predicted molar refractivity (Wildman–Crippen MR) is 102 cm³/mol. The zero-order valence-electron chi connectivity index (χ0n) is 14.0. The van der Waals surface area contributed by atoms with Gasteiger partial charge < -0.3 is 4.74 Å². The minimum absolute atomic E-state index is 0.281. The van der Waals surface area contributed by atoms with E-state index in [0.717, 1.165) is 32.7 Å². The molecule has 122 valence electrons. The molecule has 0 amide bonds. The average Bonchev–Trinajstić information content (AvgIpc) is 2.65. The molecule has 0 saturated carbocycles. The van der Waals surface area contributed by atoms with Crippen LogP contribution in [0.3, 0.4) is 0 Å². The van der Waals surface area contributed by atoms with Crippen molar-refractivity contribution >= 4 is 27.5 Å². The SMILES string of the molecule is Cc1ccccc1COC(=O)c1c2ccccc2cc2ccccc12. The number of rotatable bonds is 3. The van der Waals surface area contributed by atoms with Crippen molar-refractivity contribution in [2.24, 2.45) is 0 Å². The van der Waals surface area contributed by atoms with Crippen LogP contribution >= 0.6 is 0 Å². The second-order valence-corrected chi connectivity index (χ2v) is 6.20. The third kappa shape index (κ3) is 2.87. The zero-order chi connectivity index (χ0) is 17.2. The number of hydrogen-bond acceptors (Lipinski definition) is 2. The highest BCUT2D eigenvalue weighted by Gasteiger charge is 2.16. The van der Waals surface area contributed by atoms with Gasteiger partial charge in [-0.05, 0) is 45.7 Å². The zero-order valence-corrected chi connectivity index (χ0v) is 14.0. The van der Waals surface area contributed by atoms with Gasteiger partial charge in [0.1, 0.15) is 6.61 Å². The highest BCUT2D eigenvalue weighted by molar-refractivity contribution is 6.16. The standard InChI is InChI=1S/C23H18O2/c1-16-8-2-3-11-19(16)15-25-23(24)22-20-12-6-4-9-17(20)14-18-10-5-7-13-21(18)22/h2-14H,15H2,1H3. The molecule has 0 aliphatic rings. The molecule has 0 N–H and O–H groups in total. The Morgan fingerprint density at radius 1 is 0.800 bits per heavy atom. The number of benzene rings is 4. The summed E-state index contributed by atoms with van der Waals surface area (Å²) in [6, 6.07) is 26.0. The van der Waals surface area contributed by atoms with Crippen molar-refractivity contribution in [2.45, 2.75) is 13.5 Å². The van der Waals surface area contributed by atoms with Crippen molar-refractivity contribution in [3.05, 3.63) is 95.6 Å². The molecule has 0 bridgehead atoms. The predicted octanol–water partition coefficient (Wildman–Crippen LogP) is 5.66. The highest BCUT2D eigenvalue weighted by Crippen LogP contribution is 2.29. The maximum Gasteiger partial charge on any atom is 0.339 e. The fourth-order valence-corrected chi connectivity index (χ4v) is 3.22. The molecule has 2 nitrogen and oxygen atoms in total. The van der Waals surface area contributed by atoms with E-state index in [-0.39, 0.29) is 12.6 Å². The average molecular weight is 326 g/mol. The lowest BCUT2D eigenvalue weighted by molar-refractivity contribution is 0.0477. The number of carbonyl (C=O) groups excluding carboxylic acids is 1. The summed E-state index contributed by atoms with van der Waals surface area (Å²) >= 11 is 0. The van der Waals surface area contributed by atoms with Gasteiger partial charge in [0, 0.05) is 0 Å². The second-order valence-electron chi connectivity index (χ2n) is 6.20. The van der Waals surface area contributed by atoms with Gasteiger partial charge in [0.05, 0.1) is 5.56 Å². The molecule has 4 rings (SSSR count). The van der Waals surface area contributed by atoms with Crippen molar-refractivity contribution in [3.8, 4) is 0 Å². The lowest BCUT2D eigenvalue weighted by Gasteiger charge is -2.12. The lowest BCUT2D eigenvalue weighted by atomic mass is 9.97. The van der Waals surface area contributed by atoms with Crippen LogP contribution in [0.1, 0.15) is 21.5 Å². The number of ether oxygens (including phenoxy) is 1. The van der Waals surface area contributed by atoms with Gasteiger partial charge in [0.25, 0.3) is 0 Å². The number of esters is 1. The van der Waals surface area contributed by atoms with Crippen molar-refractivity contribution in [1.82, 2.24) is 0 Å². The Labute approximate surface area is 146 Å². The molecule has 0 spiro atoms. The van der Waals surface area contributed by atoms with E-state index in [9.17, 15) is 4.79 Å². The maximum atomic E-state index is 12.9. The Balaban J connectivity index is 1.78. The number of fused-ring (bicyclic) bond motifs is 2. The van der Waals surface area contributed by atoms with Crippen LogP contribution < -0.4 is 0 Å². The quantitative estimate of drug-likeness (QED) is 0.359. The van der Waals surface area contributed by atoms with Crippen LogP contribution in [0.25, 0.3) is 21.5 Å². The van der Waals surface area contributed by atoms with E-state index in [0.29, 0.717) is 5.56 Å². The summed E-state index contributed by atoms with van der Waals surface area (Å²) in [7, 11) is 0. The van der Waals surface area contributed by atoms with E-state index in [1.54, 1.807) is 0 Å². The summed E-state index contributed by atoms with van der Waals surface area (Å²) in [6.45, 7) is 2.31. The third-order valence-corrected chi connectivity index (χ3v) is 4.60. The molecule has 0 fully saturated rings. The molecule has 0 aromatic heterocycles. The van der Waals surface area contributed by atoms with Crippen molar-refractivity contribution in [2.75, 3.05) is 0 Å². The van der Waals surface area contributed by atoms with E-state index in [2.05, 4.69) is 6.07 Å². The first-order valence-corrected chi connectivity index (χ1v) is 8.36. The summed E-state index contributed by atoms with van der Waals surface area (Å²) in [4.78, 5) is 12.9. The number of carbonyl (C=O) groups is 1. The van der Waals surface area contributed by atoms with Crippen LogP contribution in [-0.2, 0) is 11.3 Å². The Kier molecular flexibility index (Phi) is 3.95. The molecule has 4 aromatic carbocycles. The van der Waals surface area contributed by atoms with Gasteiger partial charge in [0.2, 0.25) is 0 Å². The van der Waals surface area contributed by atoms with Crippen LogP contribution in [0.15, 0.2) is 78.9 Å². The van der Waals surface area contributed by atoms with Crippen LogP contribution in [0.2, 0.25) is 0 Å². The first-order valence-electron chi connectivity index (χ1n) is 8.36. The molecule has 0 aliphatic carbocycles. The molecule has 0 radical (unpaired) electrons. The van der Waals surface area contributed by atoms with E-state index in [1.165, 1.54) is 0 Å². The maximum absolute atomic E-state index is 12.9. The Morgan fingerprint density at radius 3 is 2.00 bits per heavy atom. The molecule has 0 aliphatic heterocycles. The van der Waals surface area contributed by atoms with Gasteiger partial charge >= 0.3 is 5.97 Å². The molecular formula is C23H18O2. The molecule has 0 atom stereocenters. The minimum Gasteiger partial charge on any atom is -0.457 e. The fourth-order valence-electron chi connectivity index (χ4n) is 3.22. The van der Waals surface area contributed by atoms with Gasteiger partial charge in [-0.15, -0.1) is 0 Å². The summed E-state index contributed by atoms with van der Waals surface area (Å²) < 4.78 is 5.67. The van der Waals surface area contributed by atoms with Crippen molar-refractivity contribution in [3.63, 3.8) is 0 Å². The Morgan fingerprint density at radius 2 is 1.36 bits per heavy atom. The third-order valence-electron chi connectivity index (χ3n) is 4.60. The lowest BCUT2D eigenvalue weighted by Crippen LogP contribution is -2.07. The van der Waals surface area contributed by atoms with E-state index < -0.39 is 0 Å². The number of hydrogen-bond donors (Lipinski definition) is 0. The van der Waals surface area contributed by atoms with Crippen molar-refractivity contribution < 1.29 is 9.53 Å². The van der Waals surface area contributed by atoms with Crippen molar-refractivity contribution in [1.29, 1.82) is 0 Å². The molecular weight excluding hydrogens is 308 g/mol. The van der Waals surface area contributed by atoms with Gasteiger partial charge in [-0.25, -0.2) is 4.79 Å². The number of aryl methyl sites for hydroxylation is 1. The first-order chi connectivity index (χ1) is 12.2. The molecule has 2 heteroatoms. The second kappa shape index (κ2) is 6.40. The molecule has 0 heterocycles. The van der Waals surface area contributed by atoms with Gasteiger partial charge in [-0.2, -0.15) is 0 Å². The van der Waals surface area contributed by atoms with Gasteiger partial charge in [0.15, 0.2) is 0 Å². The highest BCUT2D eigenvalue weighted by atomic mass is 16.5. The summed E-state index contributed by atoms with van der Waals surface area (Å²) in [5, 5.41) is 3.94. The Hall–Kier alpha value is -3.13. The molecule has 4 aromatic rings. The Bertz CT molecular complexity index is 1030. The summed E-state index contributed by atoms with van der Waals surface area (Å²) in [6.07, 6.45) is 0. The first kappa shape index (κ1) is 15.4. The van der Waals surface area contributed by atoms with Crippen LogP contribution in [0.4, 0.5) is 0 Å².